The van der Waals surface area contributed by atoms with Crippen molar-refractivity contribution in [2.24, 2.45) is 0 Å². The highest BCUT2D eigenvalue weighted by molar-refractivity contribution is 6.07. The van der Waals surface area contributed by atoms with Gasteiger partial charge in [-0.2, -0.15) is 0 Å². The SMILES string of the molecule is Cc1onc(C(C)(C)C)c1C(=O)N(Cc1cccnc1)c1ccccc1. The minimum absolute atomic E-state index is 0.122. The molecule has 1 aromatic carbocycles. The van der Waals surface area contributed by atoms with E-state index in [-0.39, 0.29) is 11.3 Å². The second-order valence-electron chi connectivity index (χ2n) is 7.30. The van der Waals surface area contributed by atoms with E-state index in [1.165, 1.54) is 0 Å². The lowest BCUT2D eigenvalue weighted by atomic mass is 9.88. The average molecular weight is 349 g/mol. The zero-order chi connectivity index (χ0) is 18.7. The van der Waals surface area contributed by atoms with Crippen molar-refractivity contribution in [3.05, 3.63) is 77.4 Å². The molecule has 3 aromatic rings. The number of hydrogen-bond acceptors (Lipinski definition) is 4. The molecule has 5 nitrogen and oxygen atoms in total. The quantitative estimate of drug-likeness (QED) is 0.695. The van der Waals surface area contributed by atoms with Crippen molar-refractivity contribution in [3.63, 3.8) is 0 Å². The normalized spacial score (nSPS) is 11.4. The fourth-order valence-corrected chi connectivity index (χ4v) is 2.83. The number of carbonyl (C=O) groups is 1. The Balaban J connectivity index is 2.05. The van der Waals surface area contributed by atoms with Gasteiger partial charge in [0.25, 0.3) is 5.91 Å². The Kier molecular flexibility index (Phi) is 4.89. The Labute approximate surface area is 153 Å². The Morgan fingerprint density at radius 3 is 2.46 bits per heavy atom. The molecule has 0 aliphatic heterocycles. The van der Waals surface area contributed by atoms with Gasteiger partial charge in [0.05, 0.1) is 6.54 Å². The molecule has 0 saturated heterocycles. The maximum atomic E-state index is 13.5. The van der Waals surface area contributed by atoms with Gasteiger partial charge in [-0.15, -0.1) is 0 Å². The summed E-state index contributed by atoms with van der Waals surface area (Å²) in [6.07, 6.45) is 3.49. The summed E-state index contributed by atoms with van der Waals surface area (Å²) in [5.41, 5.74) is 2.69. The highest BCUT2D eigenvalue weighted by Crippen LogP contribution is 2.30. The van der Waals surface area contributed by atoms with Gasteiger partial charge in [-0.3, -0.25) is 9.78 Å². The van der Waals surface area contributed by atoms with Crippen LogP contribution < -0.4 is 4.90 Å². The molecule has 2 heterocycles. The van der Waals surface area contributed by atoms with Crippen molar-refractivity contribution < 1.29 is 9.32 Å². The standard InChI is InChI=1S/C21H23N3O2/c1-15-18(19(23-26-15)21(2,3)4)20(25)24(17-10-6-5-7-11-17)14-16-9-8-12-22-13-16/h5-13H,14H2,1-4H3. The highest BCUT2D eigenvalue weighted by Gasteiger charge is 2.32. The van der Waals surface area contributed by atoms with Crippen LogP contribution in [0.2, 0.25) is 0 Å². The average Bonchev–Trinajstić information content (AvgIpc) is 3.03. The summed E-state index contributed by atoms with van der Waals surface area (Å²) < 4.78 is 5.37. The lowest BCUT2D eigenvalue weighted by Gasteiger charge is -2.24. The van der Waals surface area contributed by atoms with Crippen molar-refractivity contribution in [2.75, 3.05) is 4.90 Å². The molecule has 0 aliphatic carbocycles. The molecule has 0 saturated carbocycles. The number of anilines is 1. The topological polar surface area (TPSA) is 59.2 Å². The molecule has 0 unspecified atom stereocenters. The van der Waals surface area contributed by atoms with Gasteiger partial charge in [0, 0.05) is 23.5 Å². The van der Waals surface area contributed by atoms with E-state index < -0.39 is 0 Å². The van der Waals surface area contributed by atoms with Crippen LogP contribution in [0.3, 0.4) is 0 Å². The third-order valence-electron chi connectivity index (χ3n) is 4.16. The van der Waals surface area contributed by atoms with Gasteiger partial charge < -0.3 is 9.42 Å². The number of hydrogen-bond donors (Lipinski definition) is 0. The maximum absolute atomic E-state index is 13.5. The molecule has 1 amide bonds. The van der Waals surface area contributed by atoms with Gasteiger partial charge in [-0.25, -0.2) is 0 Å². The summed E-state index contributed by atoms with van der Waals surface area (Å²) in [6.45, 7) is 8.27. The number of pyridine rings is 1. The number of aromatic nitrogens is 2. The number of aryl methyl sites for hydroxylation is 1. The van der Waals surface area contributed by atoms with Crippen LogP contribution in [-0.2, 0) is 12.0 Å². The van der Waals surface area contributed by atoms with E-state index in [9.17, 15) is 4.79 Å². The van der Waals surface area contributed by atoms with Crippen LogP contribution in [0.4, 0.5) is 5.69 Å². The van der Waals surface area contributed by atoms with E-state index in [4.69, 9.17) is 4.52 Å². The molecule has 0 aliphatic rings. The van der Waals surface area contributed by atoms with Crippen molar-refractivity contribution in [2.45, 2.75) is 39.7 Å². The van der Waals surface area contributed by atoms with Crippen LogP contribution in [0.25, 0.3) is 0 Å². The zero-order valence-corrected chi connectivity index (χ0v) is 15.6. The molecule has 26 heavy (non-hydrogen) atoms. The summed E-state index contributed by atoms with van der Waals surface area (Å²) in [5.74, 6) is 0.413. The van der Waals surface area contributed by atoms with Crippen LogP contribution in [0, 0.1) is 6.92 Å². The predicted molar refractivity (Wildman–Crippen MR) is 101 cm³/mol. The largest absolute Gasteiger partial charge is 0.361 e. The molecule has 0 N–H and O–H groups in total. The summed E-state index contributed by atoms with van der Waals surface area (Å²) in [7, 11) is 0. The van der Waals surface area contributed by atoms with E-state index in [1.54, 1.807) is 24.2 Å². The number of amides is 1. The molecule has 2 aromatic heterocycles. The molecule has 0 spiro atoms. The first kappa shape index (κ1) is 17.9. The first-order chi connectivity index (χ1) is 12.4. The third kappa shape index (κ3) is 3.67. The number of para-hydroxylation sites is 1. The maximum Gasteiger partial charge on any atom is 0.264 e. The first-order valence-electron chi connectivity index (χ1n) is 8.60. The van der Waals surface area contributed by atoms with Crippen molar-refractivity contribution >= 4 is 11.6 Å². The minimum atomic E-state index is -0.292. The monoisotopic (exact) mass is 349 g/mol. The van der Waals surface area contributed by atoms with Crippen LogP contribution in [-0.4, -0.2) is 16.0 Å². The molecule has 134 valence electrons. The second kappa shape index (κ2) is 7.12. The molecule has 3 rings (SSSR count). The van der Waals surface area contributed by atoms with Crippen molar-refractivity contribution in [1.82, 2.24) is 10.1 Å². The van der Waals surface area contributed by atoms with Gasteiger partial charge in [-0.05, 0) is 30.7 Å². The van der Waals surface area contributed by atoms with Gasteiger partial charge in [0.15, 0.2) is 0 Å². The van der Waals surface area contributed by atoms with E-state index in [0.717, 1.165) is 11.3 Å². The van der Waals surface area contributed by atoms with E-state index in [0.29, 0.717) is 23.6 Å². The Morgan fingerprint density at radius 1 is 1.12 bits per heavy atom. The van der Waals surface area contributed by atoms with Crippen LogP contribution in [0.15, 0.2) is 59.4 Å². The van der Waals surface area contributed by atoms with Gasteiger partial charge in [0.1, 0.15) is 17.0 Å². The molecule has 0 atom stereocenters. The van der Waals surface area contributed by atoms with Gasteiger partial charge >= 0.3 is 0 Å². The molecule has 0 radical (unpaired) electrons. The highest BCUT2D eigenvalue weighted by atomic mass is 16.5. The van der Waals surface area contributed by atoms with E-state index >= 15 is 0 Å². The van der Waals surface area contributed by atoms with Crippen LogP contribution in [0.1, 0.15) is 48.1 Å². The van der Waals surface area contributed by atoms with Crippen molar-refractivity contribution in [3.8, 4) is 0 Å². The third-order valence-corrected chi connectivity index (χ3v) is 4.16. The van der Waals surface area contributed by atoms with E-state index in [1.807, 2.05) is 63.2 Å². The minimum Gasteiger partial charge on any atom is -0.361 e. The van der Waals surface area contributed by atoms with Crippen molar-refractivity contribution in [1.29, 1.82) is 0 Å². The van der Waals surface area contributed by atoms with Crippen LogP contribution >= 0.6 is 0 Å². The number of benzene rings is 1. The Morgan fingerprint density at radius 2 is 1.85 bits per heavy atom. The Bertz CT molecular complexity index is 881. The van der Waals surface area contributed by atoms with E-state index in [2.05, 4.69) is 10.1 Å². The molecule has 0 bridgehead atoms. The number of carbonyl (C=O) groups excluding carboxylic acids is 1. The predicted octanol–water partition coefficient (Wildman–Crippen LogP) is 4.52. The second-order valence-corrected chi connectivity index (χ2v) is 7.30. The molecule has 5 heteroatoms. The number of rotatable bonds is 4. The molecular formula is C21H23N3O2. The number of nitrogens with zero attached hydrogens (tertiary/aromatic N) is 3. The summed E-state index contributed by atoms with van der Waals surface area (Å²) in [6, 6.07) is 13.5. The summed E-state index contributed by atoms with van der Waals surface area (Å²) in [5, 5.41) is 4.16. The fourth-order valence-electron chi connectivity index (χ4n) is 2.83. The van der Waals surface area contributed by atoms with Crippen LogP contribution in [0.5, 0.6) is 0 Å². The lowest BCUT2D eigenvalue weighted by Crippen LogP contribution is -2.32. The summed E-state index contributed by atoms with van der Waals surface area (Å²) in [4.78, 5) is 19.4. The first-order valence-corrected chi connectivity index (χ1v) is 8.60. The molecular weight excluding hydrogens is 326 g/mol. The summed E-state index contributed by atoms with van der Waals surface area (Å²) >= 11 is 0. The fraction of sp³-hybridized carbons (Fsp3) is 0.286. The smallest absolute Gasteiger partial charge is 0.264 e. The molecule has 0 fully saturated rings. The zero-order valence-electron chi connectivity index (χ0n) is 15.6. The Hall–Kier alpha value is -2.95. The van der Waals surface area contributed by atoms with Gasteiger partial charge in [0.2, 0.25) is 0 Å². The van der Waals surface area contributed by atoms with Gasteiger partial charge in [-0.1, -0.05) is 50.2 Å². The lowest BCUT2D eigenvalue weighted by molar-refractivity contribution is 0.0981.